The largest absolute Gasteiger partial charge is 0.444 e. The van der Waals surface area contributed by atoms with Gasteiger partial charge in [-0.05, 0) is 45.7 Å². The van der Waals surface area contributed by atoms with Gasteiger partial charge in [-0.15, -0.1) is 0 Å². The Hall–Kier alpha value is -3.20. The highest BCUT2D eigenvalue weighted by molar-refractivity contribution is 5.68. The number of amides is 1. The fraction of sp³-hybridized carbons (Fsp3) is 0.455. The van der Waals surface area contributed by atoms with E-state index >= 15 is 0 Å². The van der Waals surface area contributed by atoms with Crippen LogP contribution >= 0.6 is 0 Å². The molecule has 3 heterocycles. The van der Waals surface area contributed by atoms with Gasteiger partial charge in [0.2, 0.25) is 0 Å². The molecule has 1 aliphatic heterocycles. The van der Waals surface area contributed by atoms with Crippen molar-refractivity contribution >= 4 is 6.09 Å². The lowest BCUT2D eigenvalue weighted by Gasteiger charge is -2.33. The van der Waals surface area contributed by atoms with Gasteiger partial charge in [-0.25, -0.2) is 9.78 Å². The predicted octanol–water partition coefficient (Wildman–Crippen LogP) is 4.31. The number of oxazole rings is 1. The predicted molar refractivity (Wildman–Crippen MR) is 111 cm³/mol. The minimum absolute atomic E-state index is 0.0374. The molecule has 31 heavy (non-hydrogen) atoms. The van der Waals surface area contributed by atoms with Crippen LogP contribution in [0.1, 0.15) is 39.4 Å². The van der Waals surface area contributed by atoms with E-state index in [-0.39, 0.29) is 18.8 Å². The summed E-state index contributed by atoms with van der Waals surface area (Å²) in [5.41, 5.74) is 1.18. The SMILES string of the molecule is CC(C)(C)OC(=O)N1CCC(OCc2noc(-c3cccc(-c4cnco4)c3)n2)CC1. The van der Waals surface area contributed by atoms with Crippen LogP contribution in [0.5, 0.6) is 0 Å². The van der Waals surface area contributed by atoms with Crippen LogP contribution in [0.3, 0.4) is 0 Å². The molecule has 2 aromatic heterocycles. The zero-order valence-electron chi connectivity index (χ0n) is 17.9. The van der Waals surface area contributed by atoms with Crippen LogP contribution in [0.25, 0.3) is 22.8 Å². The first kappa shape index (κ1) is 21.0. The van der Waals surface area contributed by atoms with Crippen molar-refractivity contribution in [3.05, 3.63) is 42.7 Å². The van der Waals surface area contributed by atoms with E-state index in [1.807, 2.05) is 45.0 Å². The summed E-state index contributed by atoms with van der Waals surface area (Å²) in [5.74, 6) is 1.57. The summed E-state index contributed by atoms with van der Waals surface area (Å²) in [5, 5.41) is 4.02. The van der Waals surface area contributed by atoms with Crippen LogP contribution < -0.4 is 0 Å². The Morgan fingerprint density at radius 2 is 2.00 bits per heavy atom. The molecular weight excluding hydrogens is 400 g/mol. The third kappa shape index (κ3) is 5.49. The number of hydrogen-bond acceptors (Lipinski definition) is 8. The molecule has 9 heteroatoms. The van der Waals surface area contributed by atoms with Gasteiger partial charge in [-0.2, -0.15) is 4.98 Å². The van der Waals surface area contributed by atoms with Crippen molar-refractivity contribution in [2.75, 3.05) is 13.1 Å². The normalized spacial score (nSPS) is 15.3. The van der Waals surface area contributed by atoms with Crippen molar-refractivity contribution < 1.29 is 23.2 Å². The van der Waals surface area contributed by atoms with E-state index in [0.29, 0.717) is 30.6 Å². The highest BCUT2D eigenvalue weighted by atomic mass is 16.6. The second-order valence-corrected chi connectivity index (χ2v) is 8.44. The molecule has 4 rings (SSSR count). The molecule has 9 nitrogen and oxygen atoms in total. The Morgan fingerprint density at radius 1 is 1.23 bits per heavy atom. The Labute approximate surface area is 180 Å². The molecule has 164 valence electrons. The second kappa shape index (κ2) is 8.89. The molecule has 1 saturated heterocycles. The van der Waals surface area contributed by atoms with Crippen molar-refractivity contribution in [1.82, 2.24) is 20.0 Å². The van der Waals surface area contributed by atoms with Crippen LogP contribution in [0, 0.1) is 0 Å². The molecule has 1 aromatic carbocycles. The van der Waals surface area contributed by atoms with Gasteiger partial charge in [-0.3, -0.25) is 0 Å². The van der Waals surface area contributed by atoms with Crippen molar-refractivity contribution in [3.63, 3.8) is 0 Å². The van der Waals surface area contributed by atoms with Crippen molar-refractivity contribution in [3.8, 4) is 22.8 Å². The van der Waals surface area contributed by atoms with Crippen molar-refractivity contribution in [1.29, 1.82) is 0 Å². The van der Waals surface area contributed by atoms with Gasteiger partial charge < -0.3 is 23.3 Å². The zero-order chi connectivity index (χ0) is 21.8. The summed E-state index contributed by atoms with van der Waals surface area (Å²) in [6.45, 7) is 7.05. The molecule has 0 N–H and O–H groups in total. The van der Waals surface area contributed by atoms with Gasteiger partial charge >= 0.3 is 6.09 Å². The first-order chi connectivity index (χ1) is 14.9. The molecule has 0 spiro atoms. The van der Waals surface area contributed by atoms with Crippen LogP contribution in [0.2, 0.25) is 0 Å². The lowest BCUT2D eigenvalue weighted by molar-refractivity contribution is -0.0190. The number of ether oxygens (including phenoxy) is 2. The Balaban J connectivity index is 1.29. The van der Waals surface area contributed by atoms with Crippen LogP contribution in [0.4, 0.5) is 4.79 Å². The smallest absolute Gasteiger partial charge is 0.410 e. The molecule has 0 bridgehead atoms. The average Bonchev–Trinajstić information content (AvgIpc) is 3.44. The highest BCUT2D eigenvalue weighted by Crippen LogP contribution is 2.25. The Kier molecular flexibility index (Phi) is 6.03. The number of piperidine rings is 1. The van der Waals surface area contributed by atoms with E-state index < -0.39 is 5.60 Å². The van der Waals surface area contributed by atoms with Gasteiger partial charge in [0.1, 0.15) is 12.2 Å². The van der Waals surface area contributed by atoms with Gasteiger partial charge in [0.05, 0.1) is 12.3 Å². The summed E-state index contributed by atoms with van der Waals surface area (Å²) in [7, 11) is 0. The number of nitrogens with zero attached hydrogens (tertiary/aromatic N) is 4. The van der Waals surface area contributed by atoms with Crippen molar-refractivity contribution in [2.45, 2.75) is 51.9 Å². The summed E-state index contributed by atoms with van der Waals surface area (Å²) in [6.07, 6.45) is 4.28. The lowest BCUT2D eigenvalue weighted by Crippen LogP contribution is -2.43. The summed E-state index contributed by atoms with van der Waals surface area (Å²) >= 11 is 0. The maximum Gasteiger partial charge on any atom is 0.410 e. The van der Waals surface area contributed by atoms with E-state index in [2.05, 4.69) is 15.1 Å². The first-order valence-electron chi connectivity index (χ1n) is 10.3. The third-order valence-corrected chi connectivity index (χ3v) is 4.84. The highest BCUT2D eigenvalue weighted by Gasteiger charge is 2.27. The van der Waals surface area contributed by atoms with E-state index in [1.54, 1.807) is 11.1 Å². The zero-order valence-corrected chi connectivity index (χ0v) is 17.9. The Morgan fingerprint density at radius 3 is 2.71 bits per heavy atom. The maximum absolute atomic E-state index is 12.2. The molecule has 0 aliphatic carbocycles. The third-order valence-electron chi connectivity index (χ3n) is 4.84. The molecule has 1 fully saturated rings. The quantitative estimate of drug-likeness (QED) is 0.594. The fourth-order valence-electron chi connectivity index (χ4n) is 3.32. The van der Waals surface area contributed by atoms with E-state index in [4.69, 9.17) is 18.4 Å². The number of benzene rings is 1. The van der Waals surface area contributed by atoms with Gasteiger partial charge in [0, 0.05) is 24.2 Å². The van der Waals surface area contributed by atoms with Crippen molar-refractivity contribution in [2.24, 2.45) is 0 Å². The number of carbonyl (C=O) groups is 1. The van der Waals surface area contributed by atoms with Gasteiger partial charge in [0.15, 0.2) is 18.0 Å². The summed E-state index contributed by atoms with van der Waals surface area (Å²) < 4.78 is 22.1. The summed E-state index contributed by atoms with van der Waals surface area (Å²) in [4.78, 5) is 22.3. The second-order valence-electron chi connectivity index (χ2n) is 8.44. The van der Waals surface area contributed by atoms with Crippen LogP contribution in [0.15, 0.2) is 45.8 Å². The fourth-order valence-corrected chi connectivity index (χ4v) is 3.32. The number of likely N-dealkylation sites (tertiary alicyclic amines) is 1. The molecule has 0 saturated carbocycles. The molecule has 3 aromatic rings. The molecular formula is C22H26N4O5. The standard InChI is InChI=1S/C22H26N4O5/c1-22(2,3)30-21(27)26-9-7-17(8-10-26)28-13-19-24-20(31-25-19)16-6-4-5-15(11-16)18-12-23-14-29-18/h4-6,11-12,14,17H,7-10,13H2,1-3H3. The number of aromatic nitrogens is 3. The van der Waals surface area contributed by atoms with Gasteiger partial charge in [-0.1, -0.05) is 17.3 Å². The number of carbonyl (C=O) groups excluding carboxylic acids is 1. The van der Waals surface area contributed by atoms with E-state index in [0.717, 1.165) is 24.0 Å². The first-order valence-corrected chi connectivity index (χ1v) is 10.3. The Bertz CT molecular complexity index is 1000. The number of rotatable bonds is 5. The molecule has 0 atom stereocenters. The number of hydrogen-bond donors (Lipinski definition) is 0. The van der Waals surface area contributed by atoms with Crippen LogP contribution in [-0.4, -0.2) is 50.9 Å². The summed E-state index contributed by atoms with van der Waals surface area (Å²) in [6, 6.07) is 7.62. The topological polar surface area (TPSA) is 104 Å². The average molecular weight is 426 g/mol. The van der Waals surface area contributed by atoms with E-state index in [1.165, 1.54) is 6.39 Å². The molecule has 1 aliphatic rings. The molecule has 1 amide bonds. The lowest BCUT2D eigenvalue weighted by atomic mass is 10.1. The molecule has 0 unspecified atom stereocenters. The van der Waals surface area contributed by atoms with Gasteiger partial charge in [0.25, 0.3) is 5.89 Å². The maximum atomic E-state index is 12.2. The monoisotopic (exact) mass is 426 g/mol. The minimum atomic E-state index is -0.491. The van der Waals surface area contributed by atoms with E-state index in [9.17, 15) is 4.79 Å². The minimum Gasteiger partial charge on any atom is -0.444 e. The molecule has 0 radical (unpaired) electrons. The van der Waals surface area contributed by atoms with Crippen LogP contribution in [-0.2, 0) is 16.1 Å².